The molecule has 0 radical (unpaired) electrons. The molecule has 1 heterocycles. The third-order valence-corrected chi connectivity index (χ3v) is 3.42. The van der Waals surface area contributed by atoms with Crippen LogP contribution in [-0.4, -0.2) is 17.0 Å². The van der Waals surface area contributed by atoms with Gasteiger partial charge in [-0.05, 0) is 31.0 Å². The molecule has 114 valence electrons. The predicted octanol–water partition coefficient (Wildman–Crippen LogP) is 3.02. The Balaban J connectivity index is 2.30. The largest absolute Gasteiger partial charge is 0.481 e. The van der Waals surface area contributed by atoms with Crippen molar-refractivity contribution in [2.24, 2.45) is 0 Å². The van der Waals surface area contributed by atoms with Crippen LogP contribution in [0.4, 0.5) is 0 Å². The van der Waals surface area contributed by atoms with Gasteiger partial charge < -0.3 is 14.3 Å². The van der Waals surface area contributed by atoms with Crippen LogP contribution in [0.5, 0.6) is 0 Å². The number of hydrogen-bond donors (Lipinski definition) is 1. The van der Waals surface area contributed by atoms with Crippen LogP contribution in [0.3, 0.4) is 0 Å². The van der Waals surface area contributed by atoms with Crippen LogP contribution in [0.1, 0.15) is 35.8 Å². The van der Waals surface area contributed by atoms with Crippen LogP contribution in [0.15, 0.2) is 22.6 Å². The van der Waals surface area contributed by atoms with Gasteiger partial charge in [0.1, 0.15) is 23.9 Å². The minimum Gasteiger partial charge on any atom is -0.481 e. The average Bonchev–Trinajstić information content (AvgIpc) is 2.72. The number of nitriles is 1. The molecule has 1 N–H and O–H groups in total. The summed E-state index contributed by atoms with van der Waals surface area (Å²) < 4.78 is 10.7. The smallest absolute Gasteiger partial charge is 0.317 e. The van der Waals surface area contributed by atoms with Crippen LogP contribution in [0.25, 0.3) is 11.0 Å². The molecule has 2 rings (SSSR count). The summed E-state index contributed by atoms with van der Waals surface area (Å²) in [6.07, 6.45) is -1.61. The lowest BCUT2D eigenvalue weighted by molar-refractivity contribution is -0.155. The molecule has 0 spiro atoms. The number of nitrogens with zero attached hydrogens (tertiary/aromatic N) is 1. The van der Waals surface area contributed by atoms with E-state index in [0.717, 1.165) is 16.7 Å². The number of esters is 1. The Bertz CT molecular complexity index is 769. The number of rotatable bonds is 5. The molecule has 0 fully saturated rings. The molecule has 6 heteroatoms. The van der Waals surface area contributed by atoms with Crippen molar-refractivity contribution in [2.45, 2.75) is 32.8 Å². The quantitative estimate of drug-likeness (QED) is 0.673. The van der Waals surface area contributed by atoms with Crippen LogP contribution >= 0.6 is 0 Å². The normalized spacial score (nSPS) is 11.9. The zero-order valence-electron chi connectivity index (χ0n) is 12.3. The first kappa shape index (κ1) is 15.6. The summed E-state index contributed by atoms with van der Waals surface area (Å²) in [5.41, 5.74) is 2.27. The Hall–Kier alpha value is -2.81. The predicted molar refractivity (Wildman–Crippen MR) is 77.0 cm³/mol. The van der Waals surface area contributed by atoms with E-state index in [1.165, 1.54) is 0 Å². The number of benzene rings is 1. The summed E-state index contributed by atoms with van der Waals surface area (Å²) >= 11 is 0. The van der Waals surface area contributed by atoms with Crippen molar-refractivity contribution < 1.29 is 23.8 Å². The first-order valence-electron chi connectivity index (χ1n) is 6.70. The van der Waals surface area contributed by atoms with Crippen LogP contribution in [0, 0.1) is 25.2 Å². The fraction of sp³-hybridized carbons (Fsp3) is 0.312. The molecule has 0 aliphatic carbocycles. The van der Waals surface area contributed by atoms with Gasteiger partial charge in [-0.25, -0.2) is 0 Å². The highest BCUT2D eigenvalue weighted by Crippen LogP contribution is 2.29. The molecule has 2 aromatic rings. The van der Waals surface area contributed by atoms with Gasteiger partial charge in [0.25, 0.3) is 0 Å². The van der Waals surface area contributed by atoms with E-state index < -0.39 is 24.5 Å². The standard InChI is InChI=1S/C16H15NO5/c1-9-10(2)21-14-7-11(3-4-12(9)14)13(5-6-17)22-16(20)8-15(18)19/h3-4,7,13H,5,8H2,1-2H3,(H,18,19). The zero-order chi connectivity index (χ0) is 16.3. The van der Waals surface area contributed by atoms with E-state index in [9.17, 15) is 9.59 Å². The second kappa shape index (κ2) is 6.31. The van der Waals surface area contributed by atoms with Crippen LogP contribution < -0.4 is 0 Å². The second-order valence-electron chi connectivity index (χ2n) is 4.95. The molecule has 6 nitrogen and oxygen atoms in total. The minimum atomic E-state index is -1.27. The highest BCUT2D eigenvalue weighted by atomic mass is 16.5. The number of carbonyl (C=O) groups is 2. The highest BCUT2D eigenvalue weighted by Gasteiger charge is 2.20. The molecule has 1 aromatic heterocycles. The Morgan fingerprint density at radius 1 is 1.41 bits per heavy atom. The highest BCUT2D eigenvalue weighted by molar-refractivity contribution is 5.90. The number of aryl methyl sites for hydroxylation is 2. The van der Waals surface area contributed by atoms with E-state index in [-0.39, 0.29) is 6.42 Å². The molecule has 1 unspecified atom stereocenters. The first-order valence-corrected chi connectivity index (χ1v) is 6.70. The van der Waals surface area contributed by atoms with Crippen molar-refractivity contribution in [1.29, 1.82) is 5.26 Å². The number of carbonyl (C=O) groups excluding carboxylic acids is 1. The number of carboxylic acids is 1. The van der Waals surface area contributed by atoms with Crippen molar-refractivity contribution in [2.75, 3.05) is 0 Å². The van der Waals surface area contributed by atoms with Gasteiger partial charge in [0.2, 0.25) is 0 Å². The fourth-order valence-electron chi connectivity index (χ4n) is 2.20. The maximum absolute atomic E-state index is 11.5. The minimum absolute atomic E-state index is 0.0600. The molecule has 0 saturated carbocycles. The van der Waals surface area contributed by atoms with Crippen molar-refractivity contribution in [1.82, 2.24) is 0 Å². The van der Waals surface area contributed by atoms with Gasteiger partial charge in [-0.2, -0.15) is 5.26 Å². The number of carboxylic acid groups (broad SMARTS) is 1. The SMILES string of the molecule is Cc1oc2cc(C(CC#N)OC(=O)CC(=O)O)ccc2c1C. The third-order valence-electron chi connectivity index (χ3n) is 3.42. The van der Waals surface area contributed by atoms with Crippen molar-refractivity contribution >= 4 is 22.9 Å². The van der Waals surface area contributed by atoms with Gasteiger partial charge in [-0.3, -0.25) is 9.59 Å². The molecule has 1 aromatic carbocycles. The van der Waals surface area contributed by atoms with E-state index in [1.54, 1.807) is 12.1 Å². The lowest BCUT2D eigenvalue weighted by Crippen LogP contribution is -2.14. The molecule has 0 saturated heterocycles. The Morgan fingerprint density at radius 3 is 2.77 bits per heavy atom. The molecule has 0 amide bonds. The number of ether oxygens (including phenoxy) is 1. The molecular formula is C16H15NO5. The van der Waals surface area contributed by atoms with E-state index in [2.05, 4.69) is 0 Å². The number of hydrogen-bond acceptors (Lipinski definition) is 5. The van der Waals surface area contributed by atoms with Crippen LogP contribution in [-0.2, 0) is 14.3 Å². The number of fused-ring (bicyclic) bond motifs is 1. The van der Waals surface area contributed by atoms with Gasteiger partial charge >= 0.3 is 11.9 Å². The van der Waals surface area contributed by atoms with Gasteiger partial charge in [0, 0.05) is 5.39 Å². The average molecular weight is 301 g/mol. The maximum atomic E-state index is 11.5. The number of aliphatic carboxylic acids is 1. The summed E-state index contributed by atoms with van der Waals surface area (Å²) in [7, 11) is 0. The molecule has 0 bridgehead atoms. The lowest BCUT2D eigenvalue weighted by Gasteiger charge is -2.15. The van der Waals surface area contributed by atoms with E-state index in [1.807, 2.05) is 26.0 Å². The van der Waals surface area contributed by atoms with E-state index in [4.69, 9.17) is 19.5 Å². The first-order chi connectivity index (χ1) is 10.4. The van der Waals surface area contributed by atoms with E-state index in [0.29, 0.717) is 11.1 Å². The fourth-order valence-corrected chi connectivity index (χ4v) is 2.20. The summed E-state index contributed by atoms with van der Waals surface area (Å²) in [4.78, 5) is 22.0. The Kier molecular flexibility index (Phi) is 4.47. The van der Waals surface area contributed by atoms with Crippen molar-refractivity contribution in [3.8, 4) is 6.07 Å². The molecule has 1 atom stereocenters. The topological polar surface area (TPSA) is 101 Å². The Labute approximate surface area is 126 Å². The van der Waals surface area contributed by atoms with Gasteiger partial charge in [0.15, 0.2) is 0 Å². The molecular weight excluding hydrogens is 286 g/mol. The summed E-state index contributed by atoms with van der Waals surface area (Å²) in [6.45, 7) is 3.80. The lowest BCUT2D eigenvalue weighted by atomic mass is 10.0. The van der Waals surface area contributed by atoms with Crippen LogP contribution in [0.2, 0.25) is 0 Å². The van der Waals surface area contributed by atoms with Gasteiger partial charge in [-0.1, -0.05) is 12.1 Å². The number of furan rings is 1. The third kappa shape index (κ3) is 3.26. The second-order valence-corrected chi connectivity index (χ2v) is 4.95. The zero-order valence-corrected chi connectivity index (χ0v) is 12.3. The summed E-state index contributed by atoms with van der Waals surface area (Å²) in [6, 6.07) is 7.24. The molecule has 0 aliphatic rings. The molecule has 0 aliphatic heterocycles. The Morgan fingerprint density at radius 2 is 2.14 bits per heavy atom. The van der Waals surface area contributed by atoms with Gasteiger partial charge in [-0.15, -0.1) is 0 Å². The van der Waals surface area contributed by atoms with Crippen molar-refractivity contribution in [3.05, 3.63) is 35.1 Å². The van der Waals surface area contributed by atoms with Crippen molar-refractivity contribution in [3.63, 3.8) is 0 Å². The monoisotopic (exact) mass is 301 g/mol. The summed E-state index contributed by atoms with van der Waals surface area (Å²) in [5.74, 6) is -1.35. The van der Waals surface area contributed by atoms with E-state index >= 15 is 0 Å². The molecule has 22 heavy (non-hydrogen) atoms. The maximum Gasteiger partial charge on any atom is 0.317 e. The summed E-state index contributed by atoms with van der Waals surface area (Å²) in [5, 5.41) is 18.4. The van der Waals surface area contributed by atoms with Gasteiger partial charge in [0.05, 0.1) is 12.5 Å².